The van der Waals surface area contributed by atoms with E-state index in [1.165, 1.54) is 57.8 Å². The van der Waals surface area contributed by atoms with Crippen molar-refractivity contribution in [2.24, 2.45) is 0 Å². The highest BCUT2D eigenvalue weighted by molar-refractivity contribution is 5.89. The Morgan fingerprint density at radius 1 is 0.706 bits per heavy atom. The molecule has 0 aliphatic heterocycles. The number of hydrogen-bond donors (Lipinski definition) is 1. The third-order valence-electron chi connectivity index (χ3n) is 5.48. The number of alkyl halides is 7. The summed E-state index contributed by atoms with van der Waals surface area (Å²) in [5.74, 6) is -16.8. The normalized spacial score (nSPS) is 13.6. The lowest BCUT2D eigenvalue weighted by molar-refractivity contribution is -0.344. The molecule has 1 amide bonds. The predicted molar refractivity (Wildman–Crippen MR) is 115 cm³/mol. The Morgan fingerprint density at radius 2 is 1.09 bits per heavy atom. The maximum Gasteiger partial charge on any atom is 0.460 e. The molecule has 0 rings (SSSR count). The van der Waals surface area contributed by atoms with Crippen molar-refractivity contribution >= 4 is 11.9 Å². The van der Waals surface area contributed by atoms with Gasteiger partial charge in [0.15, 0.2) is 0 Å². The van der Waals surface area contributed by atoms with Crippen LogP contribution in [0.2, 0.25) is 0 Å². The lowest BCUT2D eigenvalue weighted by Crippen LogP contribution is -2.61. The van der Waals surface area contributed by atoms with E-state index >= 15 is 0 Å². The fourth-order valence-corrected chi connectivity index (χ4v) is 3.26. The molecular formula is C23H38F7NO3. The second-order valence-corrected chi connectivity index (χ2v) is 8.61. The van der Waals surface area contributed by atoms with Gasteiger partial charge in [-0.3, -0.25) is 4.79 Å². The van der Waals surface area contributed by atoms with Gasteiger partial charge >= 0.3 is 24.0 Å². The zero-order valence-electron chi connectivity index (χ0n) is 20.1. The number of esters is 1. The zero-order valence-corrected chi connectivity index (χ0v) is 20.1. The number of rotatable bonds is 19. The van der Waals surface area contributed by atoms with E-state index in [4.69, 9.17) is 4.74 Å². The Kier molecular flexibility index (Phi) is 15.4. The quantitative estimate of drug-likeness (QED) is 0.113. The van der Waals surface area contributed by atoms with Crippen molar-refractivity contribution in [2.45, 2.75) is 128 Å². The second-order valence-electron chi connectivity index (χ2n) is 8.61. The van der Waals surface area contributed by atoms with E-state index in [1.54, 1.807) is 0 Å². The minimum absolute atomic E-state index is 0.0772. The van der Waals surface area contributed by atoms with Gasteiger partial charge in [0.2, 0.25) is 0 Å². The summed E-state index contributed by atoms with van der Waals surface area (Å²) in [5.41, 5.74) is 0. The Hall–Kier alpha value is -1.55. The number of carbonyl (C=O) groups is 2. The van der Waals surface area contributed by atoms with Crippen molar-refractivity contribution in [1.29, 1.82) is 0 Å². The van der Waals surface area contributed by atoms with Crippen LogP contribution in [0.3, 0.4) is 0 Å². The molecule has 11 heteroatoms. The number of nitrogens with one attached hydrogen (secondary N) is 1. The first kappa shape index (κ1) is 32.5. The van der Waals surface area contributed by atoms with Crippen LogP contribution in [0.25, 0.3) is 0 Å². The van der Waals surface area contributed by atoms with Gasteiger partial charge in [-0.15, -0.1) is 0 Å². The molecule has 0 aromatic rings. The van der Waals surface area contributed by atoms with E-state index in [1.807, 2.05) is 0 Å². The fraction of sp³-hybridized carbons (Fsp3) is 0.913. The zero-order chi connectivity index (χ0) is 26.3. The number of unbranched alkanes of at least 4 members (excludes halogenated alkanes) is 13. The Morgan fingerprint density at radius 3 is 1.47 bits per heavy atom. The monoisotopic (exact) mass is 509 g/mol. The summed E-state index contributed by atoms with van der Waals surface area (Å²) in [6.07, 6.45) is 9.02. The molecule has 0 radical (unpaired) electrons. The van der Waals surface area contributed by atoms with E-state index in [0.717, 1.165) is 37.9 Å². The smallest absolute Gasteiger partial charge is 0.460 e. The van der Waals surface area contributed by atoms with E-state index < -0.39 is 35.9 Å². The van der Waals surface area contributed by atoms with Gasteiger partial charge in [-0.25, -0.2) is 4.79 Å². The fourth-order valence-electron chi connectivity index (χ4n) is 3.26. The largest absolute Gasteiger partial charge is 0.464 e. The molecule has 4 nitrogen and oxygen atoms in total. The van der Waals surface area contributed by atoms with Gasteiger partial charge in [0.1, 0.15) is 6.04 Å². The molecule has 0 fully saturated rings. The maximum absolute atomic E-state index is 13.3. The molecule has 0 aromatic heterocycles. The van der Waals surface area contributed by atoms with Crippen LogP contribution in [0.15, 0.2) is 0 Å². The molecule has 0 aliphatic carbocycles. The van der Waals surface area contributed by atoms with Crippen LogP contribution in [0.1, 0.15) is 104 Å². The first-order valence-corrected chi connectivity index (χ1v) is 12.1. The highest BCUT2D eigenvalue weighted by Crippen LogP contribution is 2.46. The third kappa shape index (κ3) is 11.7. The summed E-state index contributed by atoms with van der Waals surface area (Å²) in [5, 5.41) is 1.16. The van der Waals surface area contributed by atoms with Crippen LogP contribution in [0.5, 0.6) is 0 Å². The van der Waals surface area contributed by atoms with Crippen LogP contribution in [-0.2, 0) is 14.3 Å². The van der Waals surface area contributed by atoms with Crippen LogP contribution >= 0.6 is 0 Å². The molecule has 1 atom stereocenters. The standard InChI is InChI=1S/C23H38F7NO3/c1-3-4-5-6-7-8-9-10-11-12-13-14-15-16-17-34-19(32)18(2)31-20(33)21(24,25)22(26,27)23(28,29)30/h18H,3-17H2,1-2H3,(H,31,33)/t18-/m0/s1. The van der Waals surface area contributed by atoms with Crippen molar-refractivity contribution in [2.75, 3.05) is 6.61 Å². The number of ether oxygens (including phenoxy) is 1. The highest BCUT2D eigenvalue weighted by atomic mass is 19.4. The van der Waals surface area contributed by atoms with Crippen LogP contribution < -0.4 is 5.32 Å². The molecule has 202 valence electrons. The van der Waals surface area contributed by atoms with Gasteiger partial charge in [0.25, 0.3) is 5.91 Å². The van der Waals surface area contributed by atoms with E-state index in [0.29, 0.717) is 6.42 Å². The van der Waals surface area contributed by atoms with Crippen molar-refractivity contribution in [1.82, 2.24) is 5.32 Å². The Bertz CT molecular complexity index is 583. The van der Waals surface area contributed by atoms with Crippen molar-refractivity contribution < 1.29 is 45.1 Å². The lowest BCUT2D eigenvalue weighted by Gasteiger charge is -2.27. The molecule has 34 heavy (non-hydrogen) atoms. The SMILES string of the molecule is CCCCCCCCCCCCCCCCOC(=O)[C@H](C)NC(=O)C(F)(F)C(F)(F)C(F)(F)F. The molecule has 0 spiro atoms. The summed E-state index contributed by atoms with van der Waals surface area (Å²) in [6.45, 7) is 2.97. The first-order chi connectivity index (χ1) is 15.8. The molecule has 0 heterocycles. The van der Waals surface area contributed by atoms with Crippen molar-refractivity contribution in [3.8, 4) is 0 Å². The average Bonchev–Trinajstić information content (AvgIpc) is 2.75. The highest BCUT2D eigenvalue weighted by Gasteiger charge is 2.76. The van der Waals surface area contributed by atoms with Crippen LogP contribution in [0.4, 0.5) is 30.7 Å². The third-order valence-corrected chi connectivity index (χ3v) is 5.48. The Labute approximate surface area is 197 Å². The van der Waals surface area contributed by atoms with E-state index in [-0.39, 0.29) is 6.61 Å². The number of hydrogen-bond acceptors (Lipinski definition) is 3. The first-order valence-electron chi connectivity index (χ1n) is 12.1. The average molecular weight is 510 g/mol. The summed E-state index contributed by atoms with van der Waals surface area (Å²) < 4.78 is 93.4. The molecule has 0 aromatic carbocycles. The van der Waals surface area contributed by atoms with E-state index in [2.05, 4.69) is 6.92 Å². The lowest BCUT2D eigenvalue weighted by atomic mass is 10.0. The van der Waals surface area contributed by atoms with Gasteiger partial charge in [-0.1, -0.05) is 90.4 Å². The minimum Gasteiger partial charge on any atom is -0.464 e. The topological polar surface area (TPSA) is 55.4 Å². The van der Waals surface area contributed by atoms with Gasteiger partial charge in [-0.05, 0) is 13.3 Å². The van der Waals surface area contributed by atoms with Gasteiger partial charge in [0, 0.05) is 0 Å². The molecule has 0 saturated carbocycles. The van der Waals surface area contributed by atoms with Crippen molar-refractivity contribution in [3.05, 3.63) is 0 Å². The summed E-state index contributed by atoms with van der Waals surface area (Å²) >= 11 is 0. The number of halogens is 7. The van der Waals surface area contributed by atoms with Crippen LogP contribution in [0, 0.1) is 0 Å². The molecule has 0 unspecified atom stereocenters. The Balaban J connectivity index is 3.90. The summed E-state index contributed by atoms with van der Waals surface area (Å²) in [4.78, 5) is 22.9. The van der Waals surface area contributed by atoms with Crippen molar-refractivity contribution in [3.63, 3.8) is 0 Å². The predicted octanol–water partition coefficient (Wildman–Crippen LogP) is 7.35. The maximum atomic E-state index is 13.3. The van der Waals surface area contributed by atoms with Gasteiger partial charge in [0.05, 0.1) is 6.61 Å². The number of carbonyl (C=O) groups excluding carboxylic acids is 2. The molecule has 0 bridgehead atoms. The molecular weight excluding hydrogens is 471 g/mol. The van der Waals surface area contributed by atoms with Gasteiger partial charge in [-0.2, -0.15) is 30.7 Å². The second kappa shape index (κ2) is 16.2. The molecule has 0 saturated heterocycles. The summed E-state index contributed by atoms with van der Waals surface area (Å²) in [6, 6.07) is -1.81. The van der Waals surface area contributed by atoms with E-state index in [9.17, 15) is 40.3 Å². The molecule has 0 aliphatic rings. The van der Waals surface area contributed by atoms with Gasteiger partial charge < -0.3 is 10.1 Å². The number of amides is 1. The minimum atomic E-state index is -6.63. The summed E-state index contributed by atoms with van der Waals surface area (Å²) in [7, 11) is 0. The van der Waals surface area contributed by atoms with Crippen LogP contribution in [-0.4, -0.2) is 42.5 Å². The molecule has 1 N–H and O–H groups in total.